The topological polar surface area (TPSA) is 41.1 Å². The minimum atomic E-state index is 0.202. The minimum absolute atomic E-state index is 0.202. The van der Waals surface area contributed by atoms with Gasteiger partial charge in [-0.05, 0) is 24.8 Å². The van der Waals surface area contributed by atoms with Crippen LogP contribution in [-0.4, -0.2) is 25.0 Å². The first kappa shape index (κ1) is 9.97. The van der Waals surface area contributed by atoms with Crippen LogP contribution in [0.15, 0.2) is 0 Å². The Kier molecular flexibility index (Phi) is 2.77. The van der Waals surface area contributed by atoms with E-state index in [9.17, 15) is 4.79 Å². The average Bonchev–Trinajstić information content (AvgIpc) is 2.77. The zero-order valence-electron chi connectivity index (χ0n) is 9.05. The molecule has 1 heterocycles. The van der Waals surface area contributed by atoms with E-state index >= 15 is 0 Å². The van der Waals surface area contributed by atoms with Crippen LogP contribution < -0.4 is 10.6 Å². The van der Waals surface area contributed by atoms with Crippen molar-refractivity contribution in [3.8, 4) is 0 Å². The summed E-state index contributed by atoms with van der Waals surface area (Å²) in [5.74, 6) is 1.72. The van der Waals surface area contributed by atoms with Crippen LogP contribution in [-0.2, 0) is 4.79 Å². The summed E-state index contributed by atoms with van der Waals surface area (Å²) in [6.45, 7) is 6.18. The van der Waals surface area contributed by atoms with Gasteiger partial charge in [0.1, 0.15) is 0 Å². The molecule has 1 aliphatic heterocycles. The molecule has 0 radical (unpaired) electrons. The van der Waals surface area contributed by atoms with Gasteiger partial charge in [-0.25, -0.2) is 0 Å². The third-order valence-corrected chi connectivity index (χ3v) is 3.63. The van der Waals surface area contributed by atoms with Crippen LogP contribution in [0.2, 0.25) is 0 Å². The molecular formula is C11H20N2O. The predicted octanol–water partition coefficient (Wildman–Crippen LogP) is 0.757. The molecule has 2 aliphatic rings. The van der Waals surface area contributed by atoms with Crippen LogP contribution in [0, 0.1) is 17.8 Å². The number of nitrogens with one attached hydrogen (secondary N) is 2. The smallest absolute Gasteiger partial charge is 0.224 e. The lowest BCUT2D eigenvalue weighted by Gasteiger charge is -2.13. The number of carbonyl (C=O) groups is 1. The fraction of sp³-hybridized carbons (Fsp3) is 0.909. The van der Waals surface area contributed by atoms with Crippen molar-refractivity contribution < 1.29 is 4.79 Å². The summed E-state index contributed by atoms with van der Waals surface area (Å²) in [4.78, 5) is 11.8. The molecule has 3 heteroatoms. The lowest BCUT2D eigenvalue weighted by atomic mass is 9.97. The van der Waals surface area contributed by atoms with E-state index in [-0.39, 0.29) is 11.8 Å². The first-order valence-corrected chi connectivity index (χ1v) is 5.73. The number of hydrogen-bond donors (Lipinski definition) is 2. The maximum Gasteiger partial charge on any atom is 0.224 e. The summed E-state index contributed by atoms with van der Waals surface area (Å²) in [6, 6.07) is 0.486. The Bertz CT molecular complexity index is 229. The van der Waals surface area contributed by atoms with Crippen molar-refractivity contribution in [1.29, 1.82) is 0 Å². The van der Waals surface area contributed by atoms with E-state index in [0.29, 0.717) is 12.0 Å². The Labute approximate surface area is 85.6 Å². The summed E-state index contributed by atoms with van der Waals surface area (Å²) < 4.78 is 0. The number of rotatable bonds is 3. The molecule has 3 nitrogen and oxygen atoms in total. The maximum atomic E-state index is 11.8. The second-order valence-corrected chi connectivity index (χ2v) is 4.76. The van der Waals surface area contributed by atoms with Crippen molar-refractivity contribution in [1.82, 2.24) is 10.6 Å². The standard InChI is InChI=1S/C11H20N2O/c1-3-8-4-10(8)13-11(14)9-6-12-5-7(9)2/h7-10,12H,3-6H2,1-2H3,(H,13,14). The number of hydrogen-bond acceptors (Lipinski definition) is 2. The Hall–Kier alpha value is -0.570. The molecule has 2 N–H and O–H groups in total. The summed E-state index contributed by atoms with van der Waals surface area (Å²) in [6.07, 6.45) is 2.39. The fourth-order valence-corrected chi connectivity index (χ4v) is 2.33. The summed E-state index contributed by atoms with van der Waals surface area (Å²) in [7, 11) is 0. The van der Waals surface area contributed by atoms with Gasteiger partial charge in [-0.15, -0.1) is 0 Å². The molecule has 1 saturated heterocycles. The molecule has 0 spiro atoms. The zero-order chi connectivity index (χ0) is 10.1. The molecule has 1 amide bonds. The Morgan fingerprint density at radius 1 is 1.50 bits per heavy atom. The van der Waals surface area contributed by atoms with Gasteiger partial charge in [0.05, 0.1) is 5.92 Å². The largest absolute Gasteiger partial charge is 0.353 e. The maximum absolute atomic E-state index is 11.8. The van der Waals surface area contributed by atoms with Crippen molar-refractivity contribution in [2.75, 3.05) is 13.1 Å². The van der Waals surface area contributed by atoms with Crippen molar-refractivity contribution in [3.63, 3.8) is 0 Å². The van der Waals surface area contributed by atoms with Crippen LogP contribution in [0.1, 0.15) is 26.7 Å². The van der Waals surface area contributed by atoms with E-state index < -0.39 is 0 Å². The molecule has 0 aromatic rings. The van der Waals surface area contributed by atoms with Gasteiger partial charge in [0, 0.05) is 12.6 Å². The Balaban J connectivity index is 1.78. The normalized spacial score (nSPS) is 41.0. The van der Waals surface area contributed by atoms with Crippen LogP contribution in [0.3, 0.4) is 0 Å². The molecule has 14 heavy (non-hydrogen) atoms. The van der Waals surface area contributed by atoms with Crippen molar-refractivity contribution >= 4 is 5.91 Å². The molecular weight excluding hydrogens is 176 g/mol. The van der Waals surface area contributed by atoms with Gasteiger partial charge in [-0.2, -0.15) is 0 Å². The minimum Gasteiger partial charge on any atom is -0.353 e. The number of amides is 1. The highest BCUT2D eigenvalue weighted by molar-refractivity contribution is 5.80. The zero-order valence-corrected chi connectivity index (χ0v) is 9.05. The SMILES string of the molecule is CCC1CC1NC(=O)C1CNCC1C. The molecule has 2 fully saturated rings. The molecule has 4 unspecified atom stereocenters. The van der Waals surface area contributed by atoms with Crippen LogP contribution in [0.5, 0.6) is 0 Å². The highest BCUT2D eigenvalue weighted by Crippen LogP contribution is 2.33. The predicted molar refractivity (Wildman–Crippen MR) is 55.9 cm³/mol. The highest BCUT2D eigenvalue weighted by Gasteiger charge is 2.39. The van der Waals surface area contributed by atoms with Gasteiger partial charge in [0.25, 0.3) is 0 Å². The first-order valence-electron chi connectivity index (χ1n) is 5.73. The third-order valence-electron chi connectivity index (χ3n) is 3.63. The average molecular weight is 196 g/mol. The van der Waals surface area contributed by atoms with Gasteiger partial charge in [0.2, 0.25) is 5.91 Å². The molecule has 4 atom stereocenters. The molecule has 2 rings (SSSR count). The van der Waals surface area contributed by atoms with E-state index in [4.69, 9.17) is 0 Å². The molecule has 80 valence electrons. The molecule has 0 aromatic heterocycles. The lowest BCUT2D eigenvalue weighted by Crippen LogP contribution is -2.36. The van der Waals surface area contributed by atoms with E-state index in [0.717, 1.165) is 19.0 Å². The van der Waals surface area contributed by atoms with Crippen LogP contribution >= 0.6 is 0 Å². The lowest BCUT2D eigenvalue weighted by molar-refractivity contribution is -0.125. The van der Waals surface area contributed by atoms with Gasteiger partial charge >= 0.3 is 0 Å². The molecule has 0 bridgehead atoms. The van der Waals surface area contributed by atoms with Gasteiger partial charge in [-0.3, -0.25) is 4.79 Å². The molecule has 1 aliphatic carbocycles. The Morgan fingerprint density at radius 3 is 2.79 bits per heavy atom. The van der Waals surface area contributed by atoms with E-state index in [1.54, 1.807) is 0 Å². The van der Waals surface area contributed by atoms with Crippen molar-refractivity contribution in [2.45, 2.75) is 32.7 Å². The second kappa shape index (κ2) is 3.89. The Morgan fingerprint density at radius 2 is 2.29 bits per heavy atom. The highest BCUT2D eigenvalue weighted by atomic mass is 16.2. The monoisotopic (exact) mass is 196 g/mol. The van der Waals surface area contributed by atoms with E-state index in [2.05, 4.69) is 24.5 Å². The van der Waals surface area contributed by atoms with Crippen LogP contribution in [0.4, 0.5) is 0 Å². The van der Waals surface area contributed by atoms with Gasteiger partial charge in [-0.1, -0.05) is 20.3 Å². The molecule has 0 aromatic carbocycles. The fourth-order valence-electron chi connectivity index (χ4n) is 2.33. The summed E-state index contributed by atoms with van der Waals surface area (Å²) in [5.41, 5.74) is 0. The van der Waals surface area contributed by atoms with Gasteiger partial charge in [0.15, 0.2) is 0 Å². The third kappa shape index (κ3) is 1.92. The van der Waals surface area contributed by atoms with E-state index in [1.807, 2.05) is 0 Å². The number of carbonyl (C=O) groups excluding carboxylic acids is 1. The van der Waals surface area contributed by atoms with Gasteiger partial charge < -0.3 is 10.6 Å². The summed E-state index contributed by atoms with van der Waals surface area (Å²) >= 11 is 0. The van der Waals surface area contributed by atoms with Crippen LogP contribution in [0.25, 0.3) is 0 Å². The quantitative estimate of drug-likeness (QED) is 0.699. The molecule has 1 saturated carbocycles. The van der Waals surface area contributed by atoms with E-state index in [1.165, 1.54) is 12.8 Å². The second-order valence-electron chi connectivity index (χ2n) is 4.76. The first-order chi connectivity index (χ1) is 6.72. The summed E-state index contributed by atoms with van der Waals surface area (Å²) in [5, 5.41) is 6.41. The van der Waals surface area contributed by atoms with Crippen molar-refractivity contribution in [2.24, 2.45) is 17.8 Å². The van der Waals surface area contributed by atoms with Crippen molar-refractivity contribution in [3.05, 3.63) is 0 Å².